The Hall–Kier alpha value is -4.06. The van der Waals surface area contributed by atoms with Crippen LogP contribution in [0.25, 0.3) is 11.8 Å². The van der Waals surface area contributed by atoms with Crippen LogP contribution in [0.2, 0.25) is 0 Å². The van der Waals surface area contributed by atoms with Crippen LogP contribution in [-0.2, 0) is 14.3 Å². The standard InChI is InChI=1S/C30H32N2O4/c1-7-36-26-15-13-25(14-16-26)31-19(2)17-24(21(31)4)18-27-28(30(34)35-6)22(5)32(29(27)33)20(3)23-11-9-8-10-12-23/h8-18,20H,7H2,1-6H3/b27-18-/t20-/m0/s1. The molecule has 0 N–H and O–H groups in total. The number of aryl methyl sites for hydroxylation is 1. The molecule has 0 unspecified atom stereocenters. The molecule has 0 saturated carbocycles. The predicted octanol–water partition coefficient (Wildman–Crippen LogP) is 5.93. The topological polar surface area (TPSA) is 60.8 Å². The van der Waals surface area contributed by atoms with Gasteiger partial charge >= 0.3 is 5.97 Å². The number of methoxy groups -OCH3 is 1. The van der Waals surface area contributed by atoms with Crippen molar-refractivity contribution in [2.45, 2.75) is 40.7 Å². The average Bonchev–Trinajstić information content (AvgIpc) is 3.30. The summed E-state index contributed by atoms with van der Waals surface area (Å²) in [6.07, 6.45) is 1.81. The molecule has 1 aliphatic rings. The van der Waals surface area contributed by atoms with E-state index in [9.17, 15) is 9.59 Å². The monoisotopic (exact) mass is 484 g/mol. The molecule has 6 heteroatoms. The number of carbonyl (C=O) groups excluding carboxylic acids is 2. The number of carbonyl (C=O) groups is 2. The van der Waals surface area contributed by atoms with Crippen molar-refractivity contribution in [3.63, 3.8) is 0 Å². The van der Waals surface area contributed by atoms with Crippen molar-refractivity contribution in [2.24, 2.45) is 0 Å². The minimum atomic E-state index is -0.518. The van der Waals surface area contributed by atoms with E-state index in [4.69, 9.17) is 9.47 Å². The number of rotatable bonds is 7. The van der Waals surface area contributed by atoms with Crippen molar-refractivity contribution in [3.8, 4) is 11.4 Å². The van der Waals surface area contributed by atoms with Crippen LogP contribution in [0.15, 0.2) is 77.5 Å². The first-order valence-electron chi connectivity index (χ1n) is 12.1. The van der Waals surface area contributed by atoms with Gasteiger partial charge in [0.2, 0.25) is 0 Å². The molecule has 0 bridgehead atoms. The first kappa shape index (κ1) is 25.0. The van der Waals surface area contributed by atoms with Crippen LogP contribution in [0.5, 0.6) is 5.75 Å². The number of ether oxygens (including phenoxy) is 2. The third kappa shape index (κ3) is 4.47. The Bertz CT molecular complexity index is 1350. The SMILES string of the molecule is CCOc1ccc(-n2c(C)cc(/C=C3\C(=O)N([C@@H](C)c4ccccc4)C(C)=C3C(=O)OC)c2C)cc1. The van der Waals surface area contributed by atoms with Crippen molar-refractivity contribution < 1.29 is 19.1 Å². The first-order valence-corrected chi connectivity index (χ1v) is 12.1. The lowest BCUT2D eigenvalue weighted by Crippen LogP contribution is -2.28. The molecule has 0 spiro atoms. The molecule has 1 aromatic heterocycles. The van der Waals surface area contributed by atoms with Crippen molar-refractivity contribution in [1.29, 1.82) is 0 Å². The summed E-state index contributed by atoms with van der Waals surface area (Å²) in [5.41, 5.74) is 6.07. The molecule has 2 aromatic carbocycles. The van der Waals surface area contributed by atoms with E-state index in [2.05, 4.69) is 4.57 Å². The van der Waals surface area contributed by atoms with Crippen LogP contribution in [0.3, 0.4) is 0 Å². The lowest BCUT2D eigenvalue weighted by atomic mass is 10.0. The number of allylic oxidation sites excluding steroid dienone is 1. The fourth-order valence-corrected chi connectivity index (χ4v) is 4.89. The lowest BCUT2D eigenvalue weighted by Gasteiger charge is -2.26. The quantitative estimate of drug-likeness (QED) is 0.308. The summed E-state index contributed by atoms with van der Waals surface area (Å²) in [4.78, 5) is 28.2. The highest BCUT2D eigenvalue weighted by Crippen LogP contribution is 2.38. The molecule has 1 atom stereocenters. The largest absolute Gasteiger partial charge is 0.494 e. The highest BCUT2D eigenvalue weighted by atomic mass is 16.5. The van der Waals surface area contributed by atoms with Crippen molar-refractivity contribution in [3.05, 3.63) is 100 Å². The van der Waals surface area contributed by atoms with E-state index in [0.29, 0.717) is 23.5 Å². The average molecular weight is 485 g/mol. The number of esters is 1. The second-order valence-electron chi connectivity index (χ2n) is 8.86. The number of aromatic nitrogens is 1. The summed E-state index contributed by atoms with van der Waals surface area (Å²) in [5, 5.41) is 0. The van der Waals surface area contributed by atoms with Crippen molar-refractivity contribution in [1.82, 2.24) is 9.47 Å². The fraction of sp³-hybridized carbons (Fsp3) is 0.267. The maximum absolute atomic E-state index is 13.7. The van der Waals surface area contributed by atoms with Gasteiger partial charge in [0.1, 0.15) is 5.75 Å². The fourth-order valence-electron chi connectivity index (χ4n) is 4.89. The Balaban J connectivity index is 1.77. The van der Waals surface area contributed by atoms with Gasteiger partial charge in [-0.3, -0.25) is 4.79 Å². The molecule has 6 nitrogen and oxygen atoms in total. The zero-order chi connectivity index (χ0) is 26.0. The van der Waals surface area contributed by atoms with Crippen LogP contribution in [0.1, 0.15) is 49.3 Å². The summed E-state index contributed by atoms with van der Waals surface area (Å²) in [7, 11) is 1.34. The van der Waals surface area contributed by atoms with Gasteiger partial charge < -0.3 is 18.9 Å². The molecular weight excluding hydrogens is 452 g/mol. The van der Waals surface area contributed by atoms with Crippen LogP contribution >= 0.6 is 0 Å². The van der Waals surface area contributed by atoms with Gasteiger partial charge in [-0.1, -0.05) is 30.3 Å². The van der Waals surface area contributed by atoms with E-state index >= 15 is 0 Å². The Morgan fingerprint density at radius 3 is 2.31 bits per heavy atom. The molecular formula is C30H32N2O4. The molecule has 0 fully saturated rings. The van der Waals surface area contributed by atoms with E-state index in [1.165, 1.54) is 7.11 Å². The van der Waals surface area contributed by atoms with E-state index in [0.717, 1.165) is 34.0 Å². The van der Waals surface area contributed by atoms with Gasteiger partial charge in [-0.2, -0.15) is 0 Å². The molecule has 1 amide bonds. The second kappa shape index (κ2) is 10.3. The number of hydrogen-bond donors (Lipinski definition) is 0. The molecule has 4 rings (SSSR count). The lowest BCUT2D eigenvalue weighted by molar-refractivity contribution is -0.136. The van der Waals surface area contributed by atoms with Crippen molar-refractivity contribution in [2.75, 3.05) is 13.7 Å². The highest BCUT2D eigenvalue weighted by molar-refractivity contribution is 6.16. The van der Waals surface area contributed by atoms with E-state index in [1.807, 2.05) is 94.4 Å². The van der Waals surface area contributed by atoms with Gasteiger partial charge in [0, 0.05) is 22.8 Å². The minimum absolute atomic E-state index is 0.213. The van der Waals surface area contributed by atoms with E-state index < -0.39 is 5.97 Å². The van der Waals surface area contributed by atoms with E-state index in [-0.39, 0.29) is 11.9 Å². The van der Waals surface area contributed by atoms with Gasteiger partial charge in [-0.05, 0) is 82.2 Å². The maximum Gasteiger partial charge on any atom is 0.340 e. The van der Waals surface area contributed by atoms with E-state index in [1.54, 1.807) is 11.8 Å². The Kier molecular flexibility index (Phi) is 7.15. The first-order chi connectivity index (χ1) is 17.3. The van der Waals surface area contributed by atoms with Gasteiger partial charge in [-0.15, -0.1) is 0 Å². The molecule has 3 aromatic rings. The summed E-state index contributed by atoms with van der Waals surface area (Å²) in [5.74, 6) is 0.0869. The summed E-state index contributed by atoms with van der Waals surface area (Å²) in [6.45, 7) is 10.4. The molecule has 2 heterocycles. The summed E-state index contributed by atoms with van der Waals surface area (Å²) < 4.78 is 12.8. The highest BCUT2D eigenvalue weighted by Gasteiger charge is 2.39. The van der Waals surface area contributed by atoms with Gasteiger partial charge in [0.25, 0.3) is 5.91 Å². The molecule has 36 heavy (non-hydrogen) atoms. The Morgan fingerprint density at radius 1 is 1.03 bits per heavy atom. The van der Waals surface area contributed by atoms with Gasteiger partial charge in [0.15, 0.2) is 0 Å². The van der Waals surface area contributed by atoms with Crippen LogP contribution in [0, 0.1) is 13.8 Å². The van der Waals surface area contributed by atoms with Gasteiger partial charge in [0.05, 0.1) is 30.9 Å². The molecule has 0 saturated heterocycles. The zero-order valence-corrected chi connectivity index (χ0v) is 21.7. The number of nitrogens with zero attached hydrogens (tertiary/aromatic N) is 2. The summed E-state index contributed by atoms with van der Waals surface area (Å²) >= 11 is 0. The number of benzene rings is 2. The normalized spacial score (nSPS) is 15.6. The van der Waals surface area contributed by atoms with Crippen molar-refractivity contribution >= 4 is 18.0 Å². The molecule has 1 aliphatic heterocycles. The Labute approximate surface area is 212 Å². The Morgan fingerprint density at radius 2 is 1.69 bits per heavy atom. The summed E-state index contributed by atoms with van der Waals surface area (Å²) in [6, 6.07) is 19.5. The second-order valence-corrected chi connectivity index (χ2v) is 8.86. The van der Waals surface area contributed by atoms with Gasteiger partial charge in [-0.25, -0.2) is 4.79 Å². The van der Waals surface area contributed by atoms with Crippen LogP contribution < -0.4 is 4.74 Å². The number of amides is 1. The smallest absolute Gasteiger partial charge is 0.340 e. The van der Waals surface area contributed by atoms with Crippen LogP contribution in [0.4, 0.5) is 0 Å². The third-order valence-corrected chi connectivity index (χ3v) is 6.68. The van der Waals surface area contributed by atoms with Crippen LogP contribution in [-0.4, -0.2) is 35.1 Å². The predicted molar refractivity (Wildman–Crippen MR) is 141 cm³/mol. The molecule has 0 aliphatic carbocycles. The number of hydrogen-bond acceptors (Lipinski definition) is 4. The maximum atomic E-state index is 13.7. The molecule has 0 radical (unpaired) electrons. The molecule has 186 valence electrons. The zero-order valence-electron chi connectivity index (χ0n) is 21.7. The third-order valence-electron chi connectivity index (χ3n) is 6.68. The minimum Gasteiger partial charge on any atom is -0.494 e.